The van der Waals surface area contributed by atoms with Crippen LogP contribution in [0.1, 0.15) is 18.0 Å². The highest BCUT2D eigenvalue weighted by Crippen LogP contribution is 2.30. The number of aromatic nitrogens is 2. The molecule has 2 aromatic heterocycles. The first kappa shape index (κ1) is 12.1. The van der Waals surface area contributed by atoms with Crippen molar-refractivity contribution in [3.8, 4) is 11.5 Å². The van der Waals surface area contributed by atoms with Gasteiger partial charge in [0, 0.05) is 6.26 Å². The Morgan fingerprint density at radius 2 is 2.24 bits per heavy atom. The maximum Gasteiger partial charge on any atom is 0.260 e. The zero-order valence-electron chi connectivity index (χ0n) is 9.25. The van der Waals surface area contributed by atoms with Crippen LogP contribution in [0, 0.1) is 0 Å². The summed E-state index contributed by atoms with van der Waals surface area (Å²) in [6.07, 6.45) is 1.13. The van der Waals surface area contributed by atoms with Crippen molar-refractivity contribution in [1.82, 2.24) is 10.1 Å². The van der Waals surface area contributed by atoms with E-state index in [0.717, 1.165) is 6.26 Å². The van der Waals surface area contributed by atoms with Crippen LogP contribution in [0.2, 0.25) is 0 Å². The van der Waals surface area contributed by atoms with Crippen molar-refractivity contribution in [2.75, 3.05) is 12.0 Å². The molecule has 1 unspecified atom stereocenters. The molecule has 0 fully saturated rings. The lowest BCUT2D eigenvalue weighted by Gasteiger charge is -2.01. The van der Waals surface area contributed by atoms with Crippen LogP contribution >= 0.6 is 11.3 Å². The number of hydrogen-bond donors (Lipinski definition) is 1. The fraction of sp³-hybridized carbons (Fsp3) is 0.333. The highest BCUT2D eigenvalue weighted by Gasteiger charge is 2.24. The van der Waals surface area contributed by atoms with Gasteiger partial charge in [-0.25, -0.2) is 8.42 Å². The minimum absolute atomic E-state index is 0.146. The molecule has 0 bridgehead atoms. The number of sulfone groups is 1. The standard InChI is InChI=1S/C9H11N3O3S2/c1-5(17(2,13)14)8-11-9(15-12-8)6-3-4-16-7(6)10/h3-5H,10H2,1-2H3. The first-order valence-electron chi connectivity index (χ1n) is 4.75. The average molecular weight is 273 g/mol. The van der Waals surface area contributed by atoms with E-state index < -0.39 is 15.1 Å². The molecule has 0 radical (unpaired) electrons. The molecule has 0 amide bonds. The molecule has 1 atom stereocenters. The summed E-state index contributed by atoms with van der Waals surface area (Å²) in [5.41, 5.74) is 6.35. The number of nitrogens with zero attached hydrogens (tertiary/aromatic N) is 2. The van der Waals surface area contributed by atoms with Gasteiger partial charge in [0.2, 0.25) is 0 Å². The molecule has 92 valence electrons. The van der Waals surface area contributed by atoms with E-state index in [9.17, 15) is 8.42 Å². The molecule has 0 saturated heterocycles. The van der Waals surface area contributed by atoms with Crippen molar-refractivity contribution < 1.29 is 12.9 Å². The van der Waals surface area contributed by atoms with Crippen LogP contribution in [0.5, 0.6) is 0 Å². The summed E-state index contributed by atoms with van der Waals surface area (Å²) in [6.45, 7) is 1.51. The average Bonchev–Trinajstić information content (AvgIpc) is 2.83. The van der Waals surface area contributed by atoms with E-state index in [1.807, 2.05) is 0 Å². The van der Waals surface area contributed by atoms with Crippen LogP contribution in [0.15, 0.2) is 16.0 Å². The Bertz CT molecular complexity index is 629. The topological polar surface area (TPSA) is 99.1 Å². The lowest BCUT2D eigenvalue weighted by Crippen LogP contribution is -2.09. The number of rotatable bonds is 3. The van der Waals surface area contributed by atoms with Crippen molar-refractivity contribution >= 4 is 26.2 Å². The van der Waals surface area contributed by atoms with Crippen molar-refractivity contribution in [2.45, 2.75) is 12.2 Å². The first-order chi connectivity index (χ1) is 7.89. The molecule has 6 nitrogen and oxygen atoms in total. The van der Waals surface area contributed by atoms with Gasteiger partial charge < -0.3 is 10.3 Å². The SMILES string of the molecule is CC(c1noc(-c2ccsc2N)n1)S(C)(=O)=O. The van der Waals surface area contributed by atoms with Gasteiger partial charge in [-0.3, -0.25) is 0 Å². The summed E-state index contributed by atoms with van der Waals surface area (Å²) in [6, 6.07) is 1.75. The highest BCUT2D eigenvalue weighted by molar-refractivity contribution is 7.90. The second-order valence-electron chi connectivity index (χ2n) is 3.63. The zero-order chi connectivity index (χ0) is 12.6. The maximum atomic E-state index is 11.4. The molecule has 8 heteroatoms. The molecule has 2 rings (SSSR count). The molecule has 0 aliphatic rings. The minimum Gasteiger partial charge on any atom is -0.390 e. The molecule has 0 saturated carbocycles. The van der Waals surface area contributed by atoms with Gasteiger partial charge >= 0.3 is 0 Å². The third kappa shape index (κ3) is 2.32. The Kier molecular flexibility index (Phi) is 2.92. The summed E-state index contributed by atoms with van der Waals surface area (Å²) < 4.78 is 27.7. The molecule has 2 heterocycles. The van der Waals surface area contributed by atoms with Crippen molar-refractivity contribution in [3.05, 3.63) is 17.3 Å². The van der Waals surface area contributed by atoms with Crippen molar-refractivity contribution in [1.29, 1.82) is 0 Å². The lowest BCUT2D eigenvalue weighted by molar-refractivity contribution is 0.422. The van der Waals surface area contributed by atoms with Gasteiger partial charge in [0.25, 0.3) is 5.89 Å². The molecular formula is C9H11N3O3S2. The zero-order valence-corrected chi connectivity index (χ0v) is 10.9. The summed E-state index contributed by atoms with van der Waals surface area (Å²) >= 11 is 1.35. The van der Waals surface area contributed by atoms with Gasteiger partial charge in [-0.2, -0.15) is 4.98 Å². The molecule has 17 heavy (non-hydrogen) atoms. The summed E-state index contributed by atoms with van der Waals surface area (Å²) in [4.78, 5) is 4.05. The lowest BCUT2D eigenvalue weighted by atomic mass is 10.3. The fourth-order valence-corrected chi connectivity index (χ4v) is 2.31. The third-order valence-electron chi connectivity index (χ3n) is 2.37. The van der Waals surface area contributed by atoms with Crippen LogP contribution in [-0.2, 0) is 9.84 Å². The van der Waals surface area contributed by atoms with E-state index >= 15 is 0 Å². The van der Waals surface area contributed by atoms with Crippen molar-refractivity contribution in [3.63, 3.8) is 0 Å². The molecular weight excluding hydrogens is 262 g/mol. The first-order valence-corrected chi connectivity index (χ1v) is 7.59. The van der Waals surface area contributed by atoms with Gasteiger partial charge in [0.15, 0.2) is 15.7 Å². The second-order valence-corrected chi connectivity index (χ2v) is 6.94. The Hall–Kier alpha value is -1.41. The van der Waals surface area contributed by atoms with E-state index in [-0.39, 0.29) is 11.7 Å². The molecule has 0 spiro atoms. The van der Waals surface area contributed by atoms with E-state index in [0.29, 0.717) is 10.6 Å². The fourth-order valence-electron chi connectivity index (χ4n) is 1.20. The summed E-state index contributed by atoms with van der Waals surface area (Å²) in [5, 5.41) is 5.23. The number of hydrogen-bond acceptors (Lipinski definition) is 7. The van der Waals surface area contributed by atoms with E-state index in [1.165, 1.54) is 18.3 Å². The van der Waals surface area contributed by atoms with Crippen LogP contribution in [-0.4, -0.2) is 24.8 Å². The van der Waals surface area contributed by atoms with Crippen LogP contribution < -0.4 is 5.73 Å². The number of nitrogen functional groups attached to an aromatic ring is 1. The Morgan fingerprint density at radius 1 is 1.53 bits per heavy atom. The van der Waals surface area contributed by atoms with E-state index in [1.54, 1.807) is 11.4 Å². The minimum atomic E-state index is -3.24. The van der Waals surface area contributed by atoms with Crippen LogP contribution in [0.3, 0.4) is 0 Å². The molecule has 0 aliphatic carbocycles. The highest BCUT2D eigenvalue weighted by atomic mass is 32.2. The largest absolute Gasteiger partial charge is 0.390 e. The van der Waals surface area contributed by atoms with Crippen molar-refractivity contribution in [2.24, 2.45) is 0 Å². The Balaban J connectivity index is 2.38. The predicted molar refractivity (Wildman–Crippen MR) is 65.3 cm³/mol. The molecule has 0 aliphatic heterocycles. The second kappa shape index (κ2) is 4.11. The summed E-state index contributed by atoms with van der Waals surface area (Å²) in [5.74, 6) is 0.391. The van der Waals surface area contributed by atoms with E-state index in [2.05, 4.69) is 10.1 Å². The van der Waals surface area contributed by atoms with Crippen LogP contribution in [0.4, 0.5) is 5.00 Å². The van der Waals surface area contributed by atoms with Gasteiger partial charge in [0.1, 0.15) is 5.25 Å². The molecule has 2 aromatic rings. The molecule has 0 aromatic carbocycles. The molecule has 2 N–H and O–H groups in total. The smallest absolute Gasteiger partial charge is 0.260 e. The third-order valence-corrected chi connectivity index (χ3v) is 4.61. The quantitative estimate of drug-likeness (QED) is 0.909. The van der Waals surface area contributed by atoms with E-state index in [4.69, 9.17) is 10.3 Å². The Labute approximate surface area is 102 Å². The van der Waals surface area contributed by atoms with Gasteiger partial charge in [-0.15, -0.1) is 11.3 Å². The Morgan fingerprint density at radius 3 is 2.76 bits per heavy atom. The monoisotopic (exact) mass is 273 g/mol. The number of thiophene rings is 1. The van der Waals surface area contributed by atoms with Crippen LogP contribution in [0.25, 0.3) is 11.5 Å². The normalized spacial score (nSPS) is 13.8. The number of nitrogens with two attached hydrogens (primary N) is 1. The van der Waals surface area contributed by atoms with Gasteiger partial charge in [-0.05, 0) is 18.4 Å². The predicted octanol–water partition coefficient (Wildman–Crippen LogP) is 1.49. The maximum absolute atomic E-state index is 11.4. The van der Waals surface area contributed by atoms with Gasteiger partial charge in [-0.1, -0.05) is 5.16 Å². The summed E-state index contributed by atoms with van der Waals surface area (Å²) in [7, 11) is -3.24. The number of anilines is 1. The van der Waals surface area contributed by atoms with Gasteiger partial charge in [0.05, 0.1) is 10.6 Å².